The summed E-state index contributed by atoms with van der Waals surface area (Å²) < 4.78 is 7.42. The second-order valence-corrected chi connectivity index (χ2v) is 6.82. The molecule has 118 valence electrons. The molecule has 2 aromatic carbocycles. The first-order chi connectivity index (χ1) is 11.8. The topological polar surface area (TPSA) is 58.2 Å². The van der Waals surface area contributed by atoms with Crippen molar-refractivity contribution in [3.05, 3.63) is 54.2 Å². The normalized spacial score (nSPS) is 13.2. The van der Waals surface area contributed by atoms with Gasteiger partial charge in [-0.2, -0.15) is 5.26 Å². The van der Waals surface area contributed by atoms with Gasteiger partial charge in [0.1, 0.15) is 0 Å². The van der Waals surface area contributed by atoms with Crippen molar-refractivity contribution in [2.24, 2.45) is 0 Å². The van der Waals surface area contributed by atoms with E-state index in [1.807, 2.05) is 24.3 Å². The monoisotopic (exact) mass is 334 g/mol. The van der Waals surface area contributed by atoms with Crippen molar-refractivity contribution in [2.75, 3.05) is 5.75 Å². The molecule has 0 saturated carbocycles. The molecule has 24 heavy (non-hydrogen) atoms. The first kappa shape index (κ1) is 15.3. The first-order valence-electron chi connectivity index (χ1n) is 7.80. The highest BCUT2D eigenvalue weighted by Gasteiger charge is 2.27. The van der Waals surface area contributed by atoms with E-state index in [4.69, 9.17) is 9.92 Å². The smallest absolute Gasteiger partial charge is 0.423 e. The van der Waals surface area contributed by atoms with Crippen molar-refractivity contribution in [3.8, 4) is 11.8 Å². The molecule has 4 rings (SSSR count). The van der Waals surface area contributed by atoms with E-state index in [0.717, 1.165) is 32.9 Å². The maximum atomic E-state index is 9.95. The molecule has 1 aliphatic heterocycles. The molecule has 1 N–H and O–H groups in total. The molecule has 4 nitrogen and oxygen atoms in total. The number of aromatic nitrogens is 1. The predicted octanol–water partition coefficient (Wildman–Crippen LogP) is 2.85. The fourth-order valence-corrected chi connectivity index (χ4v) is 3.96. The highest BCUT2D eigenvalue weighted by Crippen LogP contribution is 2.32. The number of hydrogen-bond donors (Lipinski definition) is 1. The van der Waals surface area contributed by atoms with Crippen molar-refractivity contribution in [1.29, 1.82) is 5.26 Å². The van der Waals surface area contributed by atoms with Gasteiger partial charge in [-0.25, -0.2) is 0 Å². The van der Waals surface area contributed by atoms with Crippen LogP contribution in [0.4, 0.5) is 0 Å². The zero-order valence-corrected chi connectivity index (χ0v) is 13.8. The summed E-state index contributed by atoms with van der Waals surface area (Å²) in [6.07, 6.45) is 2.64. The van der Waals surface area contributed by atoms with E-state index in [0.29, 0.717) is 13.0 Å². The Morgan fingerprint density at radius 1 is 1.29 bits per heavy atom. The summed E-state index contributed by atoms with van der Waals surface area (Å²) in [7, 11) is -0.841. The van der Waals surface area contributed by atoms with E-state index in [-0.39, 0.29) is 0 Å². The van der Waals surface area contributed by atoms with Crippen LogP contribution in [0.25, 0.3) is 16.6 Å². The van der Waals surface area contributed by atoms with Crippen LogP contribution < -0.4 is 5.46 Å². The highest BCUT2D eigenvalue weighted by molar-refractivity contribution is 7.99. The summed E-state index contributed by atoms with van der Waals surface area (Å²) in [6, 6.07) is 16.5. The maximum Gasteiger partial charge on any atom is 0.491 e. The second kappa shape index (κ2) is 6.37. The van der Waals surface area contributed by atoms with Crippen LogP contribution in [0.5, 0.6) is 0 Å². The molecule has 0 spiro atoms. The summed E-state index contributed by atoms with van der Waals surface area (Å²) in [5.41, 5.74) is 3.99. The fourth-order valence-electron chi connectivity index (χ4n) is 3.04. The summed E-state index contributed by atoms with van der Waals surface area (Å²) in [5, 5.41) is 19.9. The number of benzene rings is 2. The number of thioether (sulfide) groups is 1. The Hall–Kier alpha value is -2.20. The Morgan fingerprint density at radius 3 is 3.04 bits per heavy atom. The van der Waals surface area contributed by atoms with E-state index in [1.165, 1.54) is 5.39 Å². The summed E-state index contributed by atoms with van der Waals surface area (Å²) in [5.74, 6) is 0.779. The van der Waals surface area contributed by atoms with Crippen LogP contribution in [-0.4, -0.2) is 22.5 Å². The zero-order valence-electron chi connectivity index (χ0n) is 13.0. The van der Waals surface area contributed by atoms with Gasteiger partial charge in [0, 0.05) is 34.3 Å². The van der Waals surface area contributed by atoms with Crippen LogP contribution in [0, 0.1) is 11.3 Å². The quantitative estimate of drug-likeness (QED) is 0.453. The Kier molecular flexibility index (Phi) is 4.07. The molecule has 0 unspecified atom stereocenters. The Balaban J connectivity index is 1.80. The van der Waals surface area contributed by atoms with Crippen LogP contribution in [0.2, 0.25) is 0 Å². The summed E-state index contributed by atoms with van der Waals surface area (Å²) in [6.45, 7) is 0.457. The lowest BCUT2D eigenvalue weighted by Gasteiger charge is -2.07. The average molecular weight is 334 g/mol. The van der Waals surface area contributed by atoms with Gasteiger partial charge >= 0.3 is 7.12 Å². The van der Waals surface area contributed by atoms with Crippen LogP contribution in [0.3, 0.4) is 0 Å². The summed E-state index contributed by atoms with van der Waals surface area (Å²) in [4.78, 5) is 1.16. The SMILES string of the molecule is N#CCCSc1cn(-c2ccc3c(c2)B(O)OC3)c2ccccc12. The van der Waals surface area contributed by atoms with Crippen LogP contribution in [0.1, 0.15) is 12.0 Å². The van der Waals surface area contributed by atoms with Gasteiger partial charge in [-0.15, -0.1) is 11.8 Å². The number of nitrogens with zero attached hydrogens (tertiary/aromatic N) is 2. The minimum atomic E-state index is -0.841. The second-order valence-electron chi connectivity index (χ2n) is 5.68. The highest BCUT2D eigenvalue weighted by atomic mass is 32.2. The molecule has 2 heterocycles. The Bertz CT molecular complexity index is 948. The molecular formula is C18H15BN2O2S. The van der Waals surface area contributed by atoms with E-state index >= 15 is 0 Å². The van der Waals surface area contributed by atoms with E-state index in [1.54, 1.807) is 11.8 Å². The van der Waals surface area contributed by atoms with Crippen LogP contribution in [-0.2, 0) is 11.3 Å². The lowest BCUT2D eigenvalue weighted by Crippen LogP contribution is -2.28. The third-order valence-electron chi connectivity index (χ3n) is 4.22. The fraction of sp³-hybridized carbons (Fsp3) is 0.167. The standard InChI is InChI=1S/C18H15BN2O2S/c20-8-3-9-24-18-11-21(17-5-2-1-4-15(17)18)14-7-6-13-12-23-19(22)16(13)10-14/h1-2,4-7,10-11,22H,3,9,12H2. The maximum absolute atomic E-state index is 9.95. The molecule has 0 saturated heterocycles. The van der Waals surface area contributed by atoms with Crippen LogP contribution in [0.15, 0.2) is 53.6 Å². The zero-order chi connectivity index (χ0) is 16.5. The van der Waals surface area contributed by atoms with Gasteiger partial charge in [0.05, 0.1) is 18.2 Å². The lowest BCUT2D eigenvalue weighted by molar-refractivity contribution is 0.275. The molecule has 0 bridgehead atoms. The number of nitriles is 1. The molecule has 0 fully saturated rings. The molecule has 3 aromatic rings. The van der Waals surface area contributed by atoms with Crippen molar-refractivity contribution in [2.45, 2.75) is 17.9 Å². The van der Waals surface area contributed by atoms with E-state index in [2.05, 4.69) is 35.0 Å². The predicted molar refractivity (Wildman–Crippen MR) is 96.6 cm³/mol. The molecule has 0 atom stereocenters. The third-order valence-corrected chi connectivity index (χ3v) is 5.26. The molecule has 1 aromatic heterocycles. The third kappa shape index (κ3) is 2.61. The van der Waals surface area contributed by atoms with E-state index in [9.17, 15) is 5.02 Å². The summed E-state index contributed by atoms with van der Waals surface area (Å²) >= 11 is 1.70. The van der Waals surface area contributed by atoms with Gasteiger partial charge in [0.15, 0.2) is 0 Å². The number of rotatable bonds is 4. The number of para-hydroxylation sites is 1. The number of hydrogen-bond acceptors (Lipinski definition) is 4. The van der Waals surface area contributed by atoms with Gasteiger partial charge in [-0.05, 0) is 29.2 Å². The van der Waals surface area contributed by atoms with Crippen molar-refractivity contribution >= 4 is 35.2 Å². The molecule has 0 amide bonds. The van der Waals surface area contributed by atoms with Crippen molar-refractivity contribution in [1.82, 2.24) is 4.57 Å². The average Bonchev–Trinajstić information content (AvgIpc) is 3.17. The van der Waals surface area contributed by atoms with Gasteiger partial charge in [0.2, 0.25) is 0 Å². The van der Waals surface area contributed by atoms with Gasteiger partial charge in [-0.1, -0.05) is 24.3 Å². The largest absolute Gasteiger partial charge is 0.491 e. The van der Waals surface area contributed by atoms with Gasteiger partial charge < -0.3 is 14.2 Å². The molecule has 0 aliphatic carbocycles. The Labute approximate surface area is 144 Å². The molecular weight excluding hydrogens is 319 g/mol. The minimum absolute atomic E-state index is 0.457. The van der Waals surface area contributed by atoms with Gasteiger partial charge in [0.25, 0.3) is 0 Å². The van der Waals surface area contributed by atoms with Crippen molar-refractivity contribution < 1.29 is 9.68 Å². The lowest BCUT2D eigenvalue weighted by atomic mass is 9.79. The molecule has 6 heteroatoms. The molecule has 1 aliphatic rings. The number of fused-ring (bicyclic) bond motifs is 2. The Morgan fingerprint density at radius 2 is 2.17 bits per heavy atom. The molecule has 0 radical (unpaired) electrons. The van der Waals surface area contributed by atoms with Crippen LogP contribution >= 0.6 is 11.8 Å². The first-order valence-corrected chi connectivity index (χ1v) is 8.79. The van der Waals surface area contributed by atoms with Gasteiger partial charge in [-0.3, -0.25) is 0 Å². The van der Waals surface area contributed by atoms with Crippen molar-refractivity contribution in [3.63, 3.8) is 0 Å². The van der Waals surface area contributed by atoms with E-state index < -0.39 is 7.12 Å². The minimum Gasteiger partial charge on any atom is -0.423 e.